The quantitative estimate of drug-likeness (QED) is 0.903. The smallest absolute Gasteiger partial charge is 0.226 e. The van der Waals surface area contributed by atoms with Crippen LogP contribution in [0.3, 0.4) is 0 Å². The number of thioether (sulfide) groups is 1. The summed E-state index contributed by atoms with van der Waals surface area (Å²) in [6.07, 6.45) is 0.518. The standard InChI is InChI=1S/C15H25N3OS/c1-14(2,3)7-12(19)16-13-10-8-20-9-11(10)17-18(13)15(4,5)6/h7-9H2,1-6H3,(H,16,19). The summed E-state index contributed by atoms with van der Waals surface area (Å²) in [7, 11) is 0. The average Bonchev–Trinajstić information content (AvgIpc) is 2.76. The first-order chi connectivity index (χ1) is 9.08. The summed E-state index contributed by atoms with van der Waals surface area (Å²) in [6.45, 7) is 12.6. The molecule has 5 heteroatoms. The fraction of sp³-hybridized carbons (Fsp3) is 0.733. The van der Waals surface area contributed by atoms with E-state index >= 15 is 0 Å². The SMILES string of the molecule is CC(C)(C)CC(=O)Nc1c2c(nn1C(C)(C)C)CSC2. The van der Waals surface area contributed by atoms with Gasteiger partial charge in [-0.1, -0.05) is 20.8 Å². The number of hydrogen-bond donors (Lipinski definition) is 1. The van der Waals surface area contributed by atoms with Crippen molar-refractivity contribution in [2.75, 3.05) is 5.32 Å². The highest BCUT2D eigenvalue weighted by Gasteiger charge is 2.29. The summed E-state index contributed by atoms with van der Waals surface area (Å²) >= 11 is 1.86. The third-order valence-electron chi connectivity index (χ3n) is 3.14. The molecule has 1 aliphatic heterocycles. The molecule has 1 N–H and O–H groups in total. The van der Waals surface area contributed by atoms with Crippen molar-refractivity contribution < 1.29 is 4.79 Å². The van der Waals surface area contributed by atoms with Gasteiger partial charge in [0.25, 0.3) is 0 Å². The number of nitrogens with zero attached hydrogens (tertiary/aromatic N) is 2. The Balaban J connectivity index is 2.29. The molecule has 0 saturated heterocycles. The normalized spacial score (nSPS) is 15.3. The Kier molecular flexibility index (Phi) is 3.93. The zero-order chi connectivity index (χ0) is 15.1. The van der Waals surface area contributed by atoms with E-state index in [0.29, 0.717) is 6.42 Å². The molecule has 20 heavy (non-hydrogen) atoms. The zero-order valence-corrected chi connectivity index (χ0v) is 14.1. The molecule has 2 rings (SSSR count). The predicted molar refractivity (Wildman–Crippen MR) is 84.9 cm³/mol. The summed E-state index contributed by atoms with van der Waals surface area (Å²) < 4.78 is 1.97. The van der Waals surface area contributed by atoms with Crippen LogP contribution >= 0.6 is 11.8 Å². The van der Waals surface area contributed by atoms with Gasteiger partial charge < -0.3 is 5.32 Å². The van der Waals surface area contributed by atoms with E-state index in [-0.39, 0.29) is 16.9 Å². The molecule has 0 saturated carbocycles. The Hall–Kier alpha value is -0.970. The van der Waals surface area contributed by atoms with Gasteiger partial charge in [-0.2, -0.15) is 16.9 Å². The molecule has 0 fully saturated rings. The van der Waals surface area contributed by atoms with Crippen molar-refractivity contribution in [2.45, 2.75) is 65.0 Å². The molecule has 0 radical (unpaired) electrons. The molecule has 112 valence electrons. The number of amides is 1. The number of nitrogens with one attached hydrogen (secondary N) is 1. The van der Waals surface area contributed by atoms with Crippen molar-refractivity contribution in [1.82, 2.24) is 9.78 Å². The molecule has 0 aliphatic carbocycles. The Morgan fingerprint density at radius 3 is 2.45 bits per heavy atom. The topological polar surface area (TPSA) is 46.9 Å². The van der Waals surface area contributed by atoms with Gasteiger partial charge in [-0.05, 0) is 26.2 Å². The number of aromatic nitrogens is 2. The molecule has 0 aromatic carbocycles. The summed E-state index contributed by atoms with van der Waals surface area (Å²) in [4.78, 5) is 12.2. The van der Waals surface area contributed by atoms with Crippen molar-refractivity contribution in [1.29, 1.82) is 0 Å². The predicted octanol–water partition coefficient (Wildman–Crippen LogP) is 3.76. The molecule has 1 aliphatic rings. The summed E-state index contributed by atoms with van der Waals surface area (Å²) in [6, 6.07) is 0. The van der Waals surface area contributed by atoms with Crippen LogP contribution in [0.4, 0.5) is 5.82 Å². The highest BCUT2D eigenvalue weighted by Crippen LogP contribution is 2.37. The second-order valence-corrected chi connectivity index (χ2v) is 8.62. The molecular weight excluding hydrogens is 270 g/mol. The number of hydrogen-bond acceptors (Lipinski definition) is 3. The van der Waals surface area contributed by atoms with Crippen molar-refractivity contribution >= 4 is 23.5 Å². The maximum absolute atomic E-state index is 12.2. The van der Waals surface area contributed by atoms with Crippen LogP contribution in [-0.4, -0.2) is 15.7 Å². The molecule has 0 spiro atoms. The van der Waals surface area contributed by atoms with Crippen molar-refractivity contribution in [2.24, 2.45) is 5.41 Å². The molecule has 1 aromatic heterocycles. The fourth-order valence-corrected chi connectivity index (χ4v) is 3.32. The van der Waals surface area contributed by atoms with Gasteiger partial charge in [0.2, 0.25) is 5.91 Å². The number of carbonyl (C=O) groups is 1. The fourth-order valence-electron chi connectivity index (χ4n) is 2.28. The lowest BCUT2D eigenvalue weighted by molar-refractivity contribution is -0.117. The largest absolute Gasteiger partial charge is 0.311 e. The molecule has 0 unspecified atom stereocenters. The van der Waals surface area contributed by atoms with E-state index < -0.39 is 0 Å². The van der Waals surface area contributed by atoms with E-state index in [4.69, 9.17) is 5.10 Å². The van der Waals surface area contributed by atoms with Gasteiger partial charge in [-0.25, -0.2) is 4.68 Å². The van der Waals surface area contributed by atoms with Gasteiger partial charge in [0.05, 0.1) is 11.2 Å². The molecule has 0 bridgehead atoms. The Labute approximate surface area is 125 Å². The summed E-state index contributed by atoms with van der Waals surface area (Å²) in [5.41, 5.74) is 2.19. The minimum Gasteiger partial charge on any atom is -0.311 e. The number of fused-ring (bicyclic) bond motifs is 1. The van der Waals surface area contributed by atoms with Crippen molar-refractivity contribution in [3.8, 4) is 0 Å². The van der Waals surface area contributed by atoms with Gasteiger partial charge >= 0.3 is 0 Å². The van der Waals surface area contributed by atoms with Crippen LogP contribution in [-0.2, 0) is 21.8 Å². The maximum Gasteiger partial charge on any atom is 0.226 e. The lowest BCUT2D eigenvalue weighted by Crippen LogP contribution is -2.28. The third-order valence-corrected chi connectivity index (χ3v) is 4.11. The minimum absolute atomic E-state index is 0.00537. The van der Waals surface area contributed by atoms with Crippen LogP contribution in [0.15, 0.2) is 0 Å². The first kappa shape index (κ1) is 15.4. The zero-order valence-electron chi connectivity index (χ0n) is 13.3. The molecule has 1 amide bonds. The second kappa shape index (κ2) is 5.10. The van der Waals surface area contributed by atoms with Crippen LogP contribution in [0.5, 0.6) is 0 Å². The lowest BCUT2D eigenvalue weighted by Gasteiger charge is -2.24. The van der Waals surface area contributed by atoms with Gasteiger partial charge in [-0.15, -0.1) is 0 Å². The monoisotopic (exact) mass is 295 g/mol. The van der Waals surface area contributed by atoms with Gasteiger partial charge in [0, 0.05) is 23.5 Å². The first-order valence-electron chi connectivity index (χ1n) is 7.07. The van der Waals surface area contributed by atoms with E-state index in [2.05, 4.69) is 46.9 Å². The number of rotatable bonds is 2. The summed E-state index contributed by atoms with van der Waals surface area (Å²) in [5, 5.41) is 7.79. The number of carbonyl (C=O) groups excluding carboxylic acids is 1. The van der Waals surface area contributed by atoms with E-state index in [9.17, 15) is 4.79 Å². The number of anilines is 1. The first-order valence-corrected chi connectivity index (χ1v) is 8.22. The van der Waals surface area contributed by atoms with Crippen LogP contribution in [0.2, 0.25) is 0 Å². The molecule has 4 nitrogen and oxygen atoms in total. The Bertz CT molecular complexity index is 520. The van der Waals surface area contributed by atoms with Gasteiger partial charge in [-0.3, -0.25) is 4.79 Å². The second-order valence-electron chi connectivity index (χ2n) is 7.63. The van der Waals surface area contributed by atoms with Crippen molar-refractivity contribution in [3.05, 3.63) is 11.3 Å². The van der Waals surface area contributed by atoms with E-state index in [0.717, 1.165) is 23.0 Å². The van der Waals surface area contributed by atoms with Crippen LogP contribution in [0.25, 0.3) is 0 Å². The highest BCUT2D eigenvalue weighted by atomic mass is 32.2. The average molecular weight is 295 g/mol. The van der Waals surface area contributed by atoms with Gasteiger partial charge in [0.1, 0.15) is 5.82 Å². The van der Waals surface area contributed by atoms with Crippen LogP contribution in [0, 0.1) is 5.41 Å². The van der Waals surface area contributed by atoms with E-state index in [1.54, 1.807) is 0 Å². The highest BCUT2D eigenvalue weighted by molar-refractivity contribution is 7.98. The maximum atomic E-state index is 12.2. The molecule has 2 heterocycles. The van der Waals surface area contributed by atoms with Crippen molar-refractivity contribution in [3.63, 3.8) is 0 Å². The Morgan fingerprint density at radius 2 is 1.90 bits per heavy atom. The van der Waals surface area contributed by atoms with Crippen LogP contribution < -0.4 is 5.32 Å². The van der Waals surface area contributed by atoms with Gasteiger partial charge in [0.15, 0.2) is 0 Å². The Morgan fingerprint density at radius 1 is 1.25 bits per heavy atom. The third kappa shape index (κ3) is 3.37. The lowest BCUT2D eigenvalue weighted by atomic mass is 9.92. The molecular formula is C15H25N3OS. The van der Waals surface area contributed by atoms with E-state index in [1.807, 2.05) is 16.4 Å². The van der Waals surface area contributed by atoms with E-state index in [1.165, 1.54) is 5.56 Å². The van der Waals surface area contributed by atoms with Crippen LogP contribution in [0.1, 0.15) is 59.2 Å². The summed E-state index contributed by atoms with van der Waals surface area (Å²) in [5.74, 6) is 2.85. The minimum atomic E-state index is -0.126. The molecule has 0 atom stereocenters. The molecule has 1 aromatic rings.